The molecule has 7 heteroatoms. The number of benzene rings is 1. The summed E-state index contributed by atoms with van der Waals surface area (Å²) in [4.78, 5) is 0. The predicted molar refractivity (Wildman–Crippen MR) is 102 cm³/mol. The van der Waals surface area contributed by atoms with E-state index in [9.17, 15) is 4.39 Å². The lowest BCUT2D eigenvalue weighted by atomic mass is 9.81. The van der Waals surface area contributed by atoms with Crippen molar-refractivity contribution in [1.82, 2.24) is 0 Å². The van der Waals surface area contributed by atoms with Crippen LogP contribution in [0.5, 0.6) is 0 Å². The summed E-state index contributed by atoms with van der Waals surface area (Å²) in [5.74, 6) is 1.81. The second-order valence-corrected chi connectivity index (χ2v) is 7.96. The van der Waals surface area contributed by atoms with Crippen LogP contribution >= 0.6 is 15.9 Å². The van der Waals surface area contributed by atoms with E-state index in [-0.39, 0.29) is 30.8 Å². The number of terminal acetylenes is 1. The van der Waals surface area contributed by atoms with Crippen LogP contribution in [-0.4, -0.2) is 31.5 Å². The quantitative estimate of drug-likeness (QED) is 0.366. The normalized spacial score (nSPS) is 19.2. The highest BCUT2D eigenvalue weighted by atomic mass is 79.9. The van der Waals surface area contributed by atoms with Crippen LogP contribution in [0.1, 0.15) is 39.7 Å². The van der Waals surface area contributed by atoms with Crippen molar-refractivity contribution < 1.29 is 22.8 Å². The molecule has 1 aliphatic heterocycles. The molecule has 140 valence electrons. The summed E-state index contributed by atoms with van der Waals surface area (Å²) in [6, 6.07) is 4.36. The third-order valence-electron chi connectivity index (χ3n) is 4.68. The van der Waals surface area contributed by atoms with Gasteiger partial charge in [-0.05, 0) is 57.9 Å². The Bertz CT molecular complexity index is 725. The lowest BCUT2D eigenvalue weighted by molar-refractivity contribution is 0.00578. The maximum atomic E-state index is 15.3. The summed E-state index contributed by atoms with van der Waals surface area (Å²) in [5, 5.41) is 0. The maximum absolute atomic E-state index is 15.3. The minimum atomic E-state index is -1.21. The summed E-state index contributed by atoms with van der Waals surface area (Å²) < 4.78 is 47.1. The Morgan fingerprint density at radius 1 is 1.27 bits per heavy atom. The van der Waals surface area contributed by atoms with Crippen molar-refractivity contribution in [3.8, 4) is 12.3 Å². The molecule has 1 heterocycles. The molecule has 1 fully saturated rings. The van der Waals surface area contributed by atoms with E-state index in [2.05, 4.69) is 21.9 Å². The lowest BCUT2D eigenvalue weighted by Gasteiger charge is -2.32. The van der Waals surface area contributed by atoms with E-state index < -0.39 is 29.9 Å². The SMILES string of the molecule is C#CCOCCC(=C(F)B1OC(C)(C)C(C)(C)O1)c1cc(Br)ccc1F. The molecule has 1 aromatic carbocycles. The zero-order chi connectivity index (χ0) is 19.5. The van der Waals surface area contributed by atoms with Crippen LogP contribution < -0.4 is 0 Å². The Hall–Kier alpha value is -1.20. The number of halogens is 3. The Morgan fingerprint density at radius 2 is 1.88 bits per heavy atom. The molecule has 2 rings (SSSR count). The van der Waals surface area contributed by atoms with Crippen molar-refractivity contribution >= 4 is 28.6 Å². The van der Waals surface area contributed by atoms with E-state index in [4.69, 9.17) is 20.5 Å². The van der Waals surface area contributed by atoms with Crippen LogP contribution in [0.25, 0.3) is 5.57 Å². The highest BCUT2D eigenvalue weighted by molar-refractivity contribution is 9.10. The molecule has 0 atom stereocenters. The van der Waals surface area contributed by atoms with E-state index in [1.54, 1.807) is 6.07 Å². The first-order chi connectivity index (χ1) is 12.1. The molecule has 0 spiro atoms. The average Bonchev–Trinajstić information content (AvgIpc) is 2.78. The van der Waals surface area contributed by atoms with Crippen molar-refractivity contribution in [2.75, 3.05) is 13.2 Å². The first-order valence-electron chi connectivity index (χ1n) is 8.30. The van der Waals surface area contributed by atoms with Crippen molar-refractivity contribution in [3.63, 3.8) is 0 Å². The highest BCUT2D eigenvalue weighted by Gasteiger charge is 2.53. The van der Waals surface area contributed by atoms with Crippen LogP contribution in [0, 0.1) is 18.2 Å². The van der Waals surface area contributed by atoms with E-state index in [0.29, 0.717) is 4.47 Å². The Labute approximate surface area is 162 Å². The minimum absolute atomic E-state index is 0.104. The van der Waals surface area contributed by atoms with Gasteiger partial charge >= 0.3 is 7.12 Å². The lowest BCUT2D eigenvalue weighted by Crippen LogP contribution is -2.41. The Morgan fingerprint density at radius 3 is 2.46 bits per heavy atom. The fourth-order valence-electron chi connectivity index (χ4n) is 2.51. The topological polar surface area (TPSA) is 27.7 Å². The third kappa shape index (κ3) is 4.55. The van der Waals surface area contributed by atoms with Crippen molar-refractivity contribution in [1.29, 1.82) is 0 Å². The largest absolute Gasteiger partial charge is 0.525 e. The third-order valence-corrected chi connectivity index (χ3v) is 5.18. The molecule has 0 unspecified atom stereocenters. The summed E-state index contributed by atoms with van der Waals surface area (Å²) in [5.41, 5.74) is -1.79. The van der Waals surface area contributed by atoms with E-state index in [1.165, 1.54) is 12.1 Å². The van der Waals surface area contributed by atoms with Crippen LogP contribution in [0.4, 0.5) is 8.78 Å². The number of rotatable bonds is 6. The van der Waals surface area contributed by atoms with Crippen LogP contribution in [0.3, 0.4) is 0 Å². The summed E-state index contributed by atoms with van der Waals surface area (Å²) in [7, 11) is -1.21. The molecule has 1 aromatic rings. The highest BCUT2D eigenvalue weighted by Crippen LogP contribution is 2.41. The molecule has 0 aromatic heterocycles. The van der Waals surface area contributed by atoms with Gasteiger partial charge in [0, 0.05) is 10.0 Å². The predicted octanol–water partition coefficient (Wildman–Crippen LogP) is 4.94. The fourth-order valence-corrected chi connectivity index (χ4v) is 2.87. The standard InChI is InChI=1S/C19H22BBrF2O3/c1-6-10-24-11-9-14(15-12-13(21)7-8-16(15)22)17(23)20-25-18(2,3)19(4,5)26-20/h1,7-8,12H,9-11H2,2-5H3. The second-order valence-electron chi connectivity index (χ2n) is 7.05. The summed E-state index contributed by atoms with van der Waals surface area (Å²) >= 11 is 3.29. The monoisotopic (exact) mass is 426 g/mol. The molecule has 1 aliphatic rings. The molecule has 0 amide bonds. The second kappa shape index (κ2) is 8.22. The summed E-state index contributed by atoms with van der Waals surface area (Å²) in [6.07, 6.45) is 5.28. The molecular weight excluding hydrogens is 405 g/mol. The Balaban J connectivity index is 2.40. The molecule has 3 nitrogen and oxygen atoms in total. The molecule has 0 aliphatic carbocycles. The van der Waals surface area contributed by atoms with Gasteiger partial charge in [0.2, 0.25) is 0 Å². The summed E-state index contributed by atoms with van der Waals surface area (Å²) in [6.45, 7) is 7.57. The van der Waals surface area contributed by atoms with E-state index >= 15 is 4.39 Å². The van der Waals surface area contributed by atoms with Gasteiger partial charge in [0.25, 0.3) is 0 Å². The van der Waals surface area contributed by atoms with Gasteiger partial charge in [-0.15, -0.1) is 6.42 Å². The number of ether oxygens (including phenoxy) is 1. The molecule has 0 bridgehead atoms. The average molecular weight is 427 g/mol. The first-order valence-corrected chi connectivity index (χ1v) is 9.09. The molecule has 1 saturated heterocycles. The first kappa shape index (κ1) is 21.1. The van der Waals surface area contributed by atoms with Gasteiger partial charge in [0.05, 0.1) is 17.8 Å². The van der Waals surface area contributed by atoms with Gasteiger partial charge in [0.1, 0.15) is 18.2 Å². The van der Waals surface area contributed by atoms with Gasteiger partial charge in [-0.2, -0.15) is 0 Å². The van der Waals surface area contributed by atoms with E-state index in [1.807, 2.05) is 27.7 Å². The van der Waals surface area contributed by atoms with Crippen molar-refractivity contribution in [3.05, 3.63) is 39.8 Å². The molecule has 0 saturated carbocycles. The van der Waals surface area contributed by atoms with Crippen LogP contribution in [0.15, 0.2) is 28.4 Å². The molecule has 26 heavy (non-hydrogen) atoms. The molecule has 0 N–H and O–H groups in total. The minimum Gasteiger partial charge on any atom is -0.398 e. The molecular formula is C19H22BBrF2O3. The Kier molecular flexibility index (Phi) is 6.67. The zero-order valence-corrected chi connectivity index (χ0v) is 17.0. The smallest absolute Gasteiger partial charge is 0.398 e. The van der Waals surface area contributed by atoms with Crippen molar-refractivity contribution in [2.24, 2.45) is 0 Å². The van der Waals surface area contributed by atoms with Gasteiger partial charge in [-0.1, -0.05) is 21.9 Å². The number of hydrogen-bond acceptors (Lipinski definition) is 3. The van der Waals surface area contributed by atoms with Gasteiger partial charge in [-0.3, -0.25) is 0 Å². The van der Waals surface area contributed by atoms with Gasteiger partial charge in [0.15, 0.2) is 0 Å². The van der Waals surface area contributed by atoms with Gasteiger partial charge < -0.3 is 14.0 Å². The van der Waals surface area contributed by atoms with E-state index in [0.717, 1.165) is 0 Å². The fraction of sp³-hybridized carbons (Fsp3) is 0.474. The van der Waals surface area contributed by atoms with Gasteiger partial charge in [-0.25, -0.2) is 8.78 Å². The van der Waals surface area contributed by atoms with Crippen molar-refractivity contribution in [2.45, 2.75) is 45.3 Å². The molecule has 0 radical (unpaired) electrons. The van der Waals surface area contributed by atoms with Crippen LogP contribution in [0.2, 0.25) is 0 Å². The number of hydrogen-bond donors (Lipinski definition) is 0. The zero-order valence-electron chi connectivity index (χ0n) is 15.4. The maximum Gasteiger partial charge on any atom is 0.525 e. The van der Waals surface area contributed by atoms with Crippen LogP contribution in [-0.2, 0) is 14.0 Å².